The number of carboxylic acids is 1. The maximum atomic E-state index is 13.6. The van der Waals surface area contributed by atoms with Crippen LogP contribution in [0.4, 0.5) is 0 Å². The largest absolute Gasteiger partial charge is 0.493 e. The summed E-state index contributed by atoms with van der Waals surface area (Å²) in [7, 11) is 3.04. The van der Waals surface area contributed by atoms with Crippen molar-refractivity contribution in [1.82, 2.24) is 9.66 Å². The number of methoxy groups -OCH3 is 2. The predicted octanol–water partition coefficient (Wildman–Crippen LogP) is 6.38. The Hall–Kier alpha value is -4.18. The summed E-state index contributed by atoms with van der Waals surface area (Å²) in [5.41, 5.74) is 1.92. The monoisotopic (exact) mass is 619 g/mol. The highest BCUT2D eigenvalue weighted by Crippen LogP contribution is 2.39. The van der Waals surface area contributed by atoms with Crippen LogP contribution in [0.1, 0.15) is 65.3 Å². The Morgan fingerprint density at radius 2 is 1.80 bits per heavy atom. The second-order valence-corrected chi connectivity index (χ2v) is 10.8. The average Bonchev–Trinajstić information content (AvgIpc) is 3.00. The third-order valence-electron chi connectivity index (χ3n) is 7.17. The van der Waals surface area contributed by atoms with Crippen molar-refractivity contribution in [3.05, 3.63) is 91.9 Å². The average molecular weight is 621 g/mol. The second kappa shape index (κ2) is 12.6. The van der Waals surface area contributed by atoms with E-state index >= 15 is 0 Å². The molecule has 5 rings (SSSR count). The van der Waals surface area contributed by atoms with Crippen molar-refractivity contribution in [1.29, 1.82) is 0 Å². The van der Waals surface area contributed by atoms with Gasteiger partial charge in [0.15, 0.2) is 11.5 Å². The van der Waals surface area contributed by atoms with Crippen molar-refractivity contribution in [2.75, 3.05) is 14.2 Å². The normalized spacial score (nSPS) is 13.9. The number of carbonyl (C=O) groups is 1. The van der Waals surface area contributed by atoms with Crippen LogP contribution >= 0.6 is 15.9 Å². The van der Waals surface area contributed by atoms with Crippen LogP contribution in [-0.2, 0) is 6.61 Å². The molecule has 1 aliphatic rings. The minimum atomic E-state index is -1.01. The maximum absolute atomic E-state index is 13.6. The zero-order valence-corrected chi connectivity index (χ0v) is 24.4. The second-order valence-electron chi connectivity index (χ2n) is 9.88. The molecule has 0 spiro atoms. The van der Waals surface area contributed by atoms with Crippen LogP contribution in [0, 0.1) is 0 Å². The van der Waals surface area contributed by atoms with Gasteiger partial charge in [0.25, 0.3) is 5.56 Å². The van der Waals surface area contributed by atoms with Crippen LogP contribution in [0.5, 0.6) is 17.2 Å². The van der Waals surface area contributed by atoms with Crippen molar-refractivity contribution in [2.45, 2.75) is 44.6 Å². The van der Waals surface area contributed by atoms with E-state index in [1.165, 1.54) is 31.4 Å². The number of benzene rings is 3. The van der Waals surface area contributed by atoms with E-state index in [0.29, 0.717) is 45.1 Å². The molecule has 10 heteroatoms. The number of hydrogen-bond donors (Lipinski definition) is 1. The van der Waals surface area contributed by atoms with Gasteiger partial charge in [-0.1, -0.05) is 47.3 Å². The van der Waals surface area contributed by atoms with E-state index < -0.39 is 5.97 Å². The molecule has 1 N–H and O–H groups in total. The molecule has 0 bridgehead atoms. The third kappa shape index (κ3) is 6.27. The van der Waals surface area contributed by atoms with E-state index in [-0.39, 0.29) is 23.6 Å². The predicted molar refractivity (Wildman–Crippen MR) is 160 cm³/mol. The minimum absolute atomic E-state index is 0.111. The first-order valence-corrected chi connectivity index (χ1v) is 14.1. The lowest BCUT2D eigenvalue weighted by Crippen LogP contribution is -2.25. The molecular weight excluding hydrogens is 590 g/mol. The molecule has 0 amide bonds. The number of hydrogen-bond acceptors (Lipinski definition) is 7. The summed E-state index contributed by atoms with van der Waals surface area (Å²) < 4.78 is 19.4. The Balaban J connectivity index is 1.50. The molecule has 212 valence electrons. The molecule has 0 unspecified atom stereocenters. The molecule has 0 aliphatic heterocycles. The first kappa shape index (κ1) is 28.4. The van der Waals surface area contributed by atoms with Crippen molar-refractivity contribution >= 4 is 39.0 Å². The molecule has 4 aromatic rings. The Labute approximate surface area is 245 Å². The van der Waals surface area contributed by atoms with Crippen LogP contribution < -0.4 is 19.8 Å². The van der Waals surface area contributed by atoms with E-state index in [4.69, 9.17) is 19.2 Å². The van der Waals surface area contributed by atoms with Crippen LogP contribution in [0.25, 0.3) is 10.9 Å². The fourth-order valence-corrected chi connectivity index (χ4v) is 5.45. The summed E-state index contributed by atoms with van der Waals surface area (Å²) in [6.07, 6.45) is 6.90. The summed E-state index contributed by atoms with van der Waals surface area (Å²) in [4.78, 5) is 29.8. The van der Waals surface area contributed by atoms with Crippen molar-refractivity contribution in [3.8, 4) is 17.2 Å². The van der Waals surface area contributed by atoms with Gasteiger partial charge in [0.1, 0.15) is 12.4 Å². The molecule has 1 heterocycles. The Bertz CT molecular complexity index is 1650. The summed E-state index contributed by atoms with van der Waals surface area (Å²) >= 11 is 3.46. The number of rotatable bonds is 9. The van der Waals surface area contributed by atoms with Crippen LogP contribution in [0.3, 0.4) is 0 Å². The van der Waals surface area contributed by atoms with Crippen LogP contribution in [-0.4, -0.2) is 41.2 Å². The van der Waals surface area contributed by atoms with Crippen molar-refractivity contribution in [2.24, 2.45) is 5.10 Å². The van der Waals surface area contributed by atoms with Crippen LogP contribution in [0.15, 0.2) is 69.0 Å². The highest BCUT2D eigenvalue weighted by molar-refractivity contribution is 9.10. The van der Waals surface area contributed by atoms with Crippen molar-refractivity contribution < 1.29 is 24.1 Å². The summed E-state index contributed by atoms with van der Waals surface area (Å²) in [5, 5.41) is 14.4. The molecule has 1 aliphatic carbocycles. The standard InChI is InChI=1S/C31H30BrN3O6/c1-39-26-14-20(15-27(40-2)28(26)41-18-19-7-6-10-22(13-19)31(37)38)17-33-35-29(21-8-4-3-5-9-21)34-25-12-11-23(32)16-24(25)30(35)36/h6-7,10-17,21H,3-5,8-9,18H2,1-2H3,(H,37,38). The van der Waals surface area contributed by atoms with Crippen molar-refractivity contribution in [3.63, 3.8) is 0 Å². The van der Waals surface area contributed by atoms with Gasteiger partial charge in [-0.15, -0.1) is 0 Å². The molecule has 41 heavy (non-hydrogen) atoms. The van der Waals surface area contributed by atoms with Gasteiger partial charge in [0, 0.05) is 16.0 Å². The highest BCUT2D eigenvalue weighted by atomic mass is 79.9. The maximum Gasteiger partial charge on any atom is 0.335 e. The van der Waals surface area contributed by atoms with Gasteiger partial charge < -0.3 is 19.3 Å². The number of aromatic carboxylic acids is 1. The van der Waals surface area contributed by atoms with Gasteiger partial charge in [0.2, 0.25) is 5.75 Å². The summed E-state index contributed by atoms with van der Waals surface area (Å²) in [6, 6.07) is 15.5. The summed E-state index contributed by atoms with van der Waals surface area (Å²) in [5.74, 6) is 0.987. The Morgan fingerprint density at radius 1 is 1.07 bits per heavy atom. The lowest BCUT2D eigenvalue weighted by molar-refractivity contribution is 0.0696. The van der Waals surface area contributed by atoms with Crippen LogP contribution in [0.2, 0.25) is 0 Å². The Morgan fingerprint density at radius 3 is 2.49 bits per heavy atom. The van der Waals surface area contributed by atoms with E-state index in [2.05, 4.69) is 21.0 Å². The molecular formula is C31H30BrN3O6. The molecule has 1 saturated carbocycles. The molecule has 0 atom stereocenters. The molecule has 3 aromatic carbocycles. The van der Waals surface area contributed by atoms with Gasteiger partial charge in [-0.25, -0.2) is 9.78 Å². The first-order chi connectivity index (χ1) is 19.9. The molecule has 1 fully saturated rings. The number of fused-ring (bicyclic) bond motifs is 1. The lowest BCUT2D eigenvalue weighted by Gasteiger charge is -2.22. The summed E-state index contributed by atoms with van der Waals surface area (Å²) in [6.45, 7) is 0.111. The van der Waals surface area contributed by atoms with Gasteiger partial charge in [-0.05, 0) is 60.9 Å². The molecule has 1 aromatic heterocycles. The molecule has 0 radical (unpaired) electrons. The SMILES string of the molecule is COc1cc(C=Nn2c(C3CCCCC3)nc3ccc(Br)cc3c2=O)cc(OC)c1OCc1cccc(C(=O)O)c1. The lowest BCUT2D eigenvalue weighted by atomic mass is 9.88. The number of aromatic nitrogens is 2. The van der Waals surface area contributed by atoms with E-state index in [1.807, 2.05) is 12.1 Å². The smallest absolute Gasteiger partial charge is 0.335 e. The zero-order valence-electron chi connectivity index (χ0n) is 22.8. The molecule has 0 saturated heterocycles. The van der Waals surface area contributed by atoms with Gasteiger partial charge in [-0.3, -0.25) is 4.79 Å². The van der Waals surface area contributed by atoms with E-state index in [9.17, 15) is 14.7 Å². The number of nitrogens with zero attached hydrogens (tertiary/aromatic N) is 3. The highest BCUT2D eigenvalue weighted by Gasteiger charge is 2.23. The number of halogens is 1. The quantitative estimate of drug-likeness (QED) is 0.216. The van der Waals surface area contributed by atoms with E-state index in [1.54, 1.807) is 42.6 Å². The van der Waals surface area contributed by atoms with E-state index in [0.717, 1.165) is 30.2 Å². The Kier molecular flexibility index (Phi) is 8.68. The van der Waals surface area contributed by atoms with Gasteiger partial charge in [0.05, 0.1) is 36.9 Å². The fraction of sp³-hybridized carbons (Fsp3) is 0.290. The minimum Gasteiger partial charge on any atom is -0.493 e. The van der Waals surface area contributed by atoms with Gasteiger partial charge in [-0.2, -0.15) is 9.78 Å². The molecule has 9 nitrogen and oxygen atoms in total. The van der Waals surface area contributed by atoms with Gasteiger partial charge >= 0.3 is 5.97 Å². The number of carboxylic acid groups (broad SMARTS) is 1. The third-order valence-corrected chi connectivity index (χ3v) is 7.66. The fourth-order valence-electron chi connectivity index (χ4n) is 5.09. The number of ether oxygens (including phenoxy) is 3. The zero-order chi connectivity index (χ0) is 28.9. The first-order valence-electron chi connectivity index (χ1n) is 13.4. The topological polar surface area (TPSA) is 112 Å².